The lowest BCUT2D eigenvalue weighted by Gasteiger charge is -2.23. The molecule has 110 valence electrons. The third kappa shape index (κ3) is 10.7. The molecule has 3 nitrogen and oxygen atoms in total. The lowest BCUT2D eigenvalue weighted by atomic mass is 10.2. The SMILES string of the molecule is CC=C=CN(SCCCCCC)C(=O)OC(C)(C)C. The summed E-state index contributed by atoms with van der Waals surface area (Å²) in [6.07, 6.45) is 7.87. The van der Waals surface area contributed by atoms with Crippen molar-refractivity contribution in [3.05, 3.63) is 18.0 Å². The van der Waals surface area contributed by atoms with Crippen molar-refractivity contribution in [2.75, 3.05) is 5.75 Å². The lowest BCUT2D eigenvalue weighted by molar-refractivity contribution is 0.0454. The van der Waals surface area contributed by atoms with Crippen molar-refractivity contribution in [3.8, 4) is 0 Å². The average Bonchev–Trinajstić information content (AvgIpc) is 2.30. The van der Waals surface area contributed by atoms with Gasteiger partial charge in [-0.25, -0.2) is 9.10 Å². The maximum Gasteiger partial charge on any atom is 0.425 e. The van der Waals surface area contributed by atoms with E-state index < -0.39 is 5.60 Å². The smallest absolute Gasteiger partial charge is 0.425 e. The summed E-state index contributed by atoms with van der Waals surface area (Å²) in [4.78, 5) is 12.0. The molecule has 0 radical (unpaired) electrons. The summed E-state index contributed by atoms with van der Waals surface area (Å²) in [7, 11) is 0. The fraction of sp³-hybridized carbons (Fsp3) is 0.733. The third-order valence-electron chi connectivity index (χ3n) is 2.16. The molecule has 0 N–H and O–H groups in total. The zero-order valence-corrected chi connectivity index (χ0v) is 13.7. The van der Waals surface area contributed by atoms with Crippen molar-refractivity contribution < 1.29 is 9.53 Å². The molecule has 0 saturated heterocycles. The van der Waals surface area contributed by atoms with Gasteiger partial charge in [-0.15, -0.1) is 5.73 Å². The Morgan fingerprint density at radius 1 is 1.32 bits per heavy atom. The third-order valence-corrected chi connectivity index (χ3v) is 3.16. The van der Waals surface area contributed by atoms with Crippen molar-refractivity contribution >= 4 is 18.0 Å². The summed E-state index contributed by atoms with van der Waals surface area (Å²) in [5.41, 5.74) is 2.45. The fourth-order valence-electron chi connectivity index (χ4n) is 1.28. The minimum atomic E-state index is -0.470. The zero-order chi connectivity index (χ0) is 14.7. The van der Waals surface area contributed by atoms with Crippen molar-refractivity contribution in [2.45, 2.75) is 65.9 Å². The van der Waals surface area contributed by atoms with Crippen molar-refractivity contribution in [3.63, 3.8) is 0 Å². The monoisotopic (exact) mass is 285 g/mol. The summed E-state index contributed by atoms with van der Waals surface area (Å²) < 4.78 is 6.88. The van der Waals surface area contributed by atoms with E-state index in [-0.39, 0.29) is 6.09 Å². The number of amides is 1. The summed E-state index contributed by atoms with van der Waals surface area (Å²) >= 11 is 1.48. The molecule has 0 aromatic rings. The predicted octanol–water partition coefficient (Wildman–Crippen LogP) is 5.14. The molecule has 1 amide bonds. The van der Waals surface area contributed by atoms with Gasteiger partial charge < -0.3 is 4.74 Å². The van der Waals surface area contributed by atoms with Crippen LogP contribution < -0.4 is 0 Å². The minimum Gasteiger partial charge on any atom is -0.443 e. The molecule has 0 aliphatic carbocycles. The zero-order valence-electron chi connectivity index (χ0n) is 12.9. The van der Waals surface area contributed by atoms with E-state index in [1.54, 1.807) is 12.3 Å². The van der Waals surface area contributed by atoms with E-state index in [2.05, 4.69) is 12.7 Å². The number of carbonyl (C=O) groups excluding carboxylic acids is 1. The van der Waals surface area contributed by atoms with Crippen molar-refractivity contribution in [2.24, 2.45) is 0 Å². The number of carbonyl (C=O) groups is 1. The second-order valence-corrected chi connectivity index (χ2v) is 6.34. The highest BCUT2D eigenvalue weighted by Gasteiger charge is 2.21. The number of rotatable bonds is 7. The molecule has 0 spiro atoms. The second kappa shape index (κ2) is 9.99. The molecular weight excluding hydrogens is 258 g/mol. The second-order valence-electron chi connectivity index (χ2n) is 5.28. The highest BCUT2D eigenvalue weighted by atomic mass is 32.2. The Bertz CT molecular complexity index is 315. The van der Waals surface area contributed by atoms with Gasteiger partial charge in [-0.3, -0.25) is 0 Å². The van der Waals surface area contributed by atoms with E-state index in [1.165, 1.54) is 35.5 Å². The molecule has 4 heteroatoms. The van der Waals surface area contributed by atoms with Gasteiger partial charge >= 0.3 is 6.09 Å². The quantitative estimate of drug-likeness (QED) is 0.368. The molecule has 0 unspecified atom stereocenters. The Morgan fingerprint density at radius 3 is 2.53 bits per heavy atom. The molecule has 0 heterocycles. The molecule has 0 aromatic heterocycles. The molecule has 19 heavy (non-hydrogen) atoms. The number of allylic oxidation sites excluding steroid dienone is 1. The molecule has 0 bridgehead atoms. The van der Waals surface area contributed by atoms with Crippen LogP contribution in [0.1, 0.15) is 60.3 Å². The van der Waals surface area contributed by atoms with Crippen LogP contribution in [-0.2, 0) is 4.74 Å². The van der Waals surface area contributed by atoms with Gasteiger partial charge in [0.2, 0.25) is 0 Å². The van der Waals surface area contributed by atoms with Crippen LogP contribution in [0.4, 0.5) is 4.79 Å². The Kier molecular flexibility index (Phi) is 9.54. The highest BCUT2D eigenvalue weighted by Crippen LogP contribution is 2.18. The summed E-state index contributed by atoms with van der Waals surface area (Å²) in [5, 5.41) is 0. The molecule has 0 rings (SSSR count). The number of unbranched alkanes of at least 4 members (excludes halogenated alkanes) is 3. The van der Waals surface area contributed by atoms with E-state index >= 15 is 0 Å². The van der Waals surface area contributed by atoms with Gasteiger partial charge in [0.05, 0.1) is 6.20 Å². The first kappa shape index (κ1) is 18.1. The maximum atomic E-state index is 12.0. The number of hydrogen-bond donors (Lipinski definition) is 0. The molecule has 0 aromatic carbocycles. The van der Waals surface area contributed by atoms with E-state index in [0.29, 0.717) is 0 Å². The lowest BCUT2D eigenvalue weighted by Crippen LogP contribution is -2.30. The predicted molar refractivity (Wildman–Crippen MR) is 83.0 cm³/mol. The molecular formula is C15H27NO2S. The van der Waals surface area contributed by atoms with Crippen LogP contribution in [0.3, 0.4) is 0 Å². The highest BCUT2D eigenvalue weighted by molar-refractivity contribution is 7.97. The summed E-state index contributed by atoms with van der Waals surface area (Å²) in [6, 6.07) is 0. The van der Waals surface area contributed by atoms with Crippen LogP contribution in [-0.4, -0.2) is 21.8 Å². The van der Waals surface area contributed by atoms with Crippen LogP contribution in [0.15, 0.2) is 18.0 Å². The van der Waals surface area contributed by atoms with Gasteiger partial charge in [-0.1, -0.05) is 26.2 Å². The van der Waals surface area contributed by atoms with Crippen LogP contribution in [0.25, 0.3) is 0 Å². The Balaban J connectivity index is 4.31. The van der Waals surface area contributed by atoms with Gasteiger partial charge in [0.1, 0.15) is 5.60 Å². The summed E-state index contributed by atoms with van der Waals surface area (Å²) in [6.45, 7) is 9.67. The number of nitrogens with zero attached hydrogens (tertiary/aromatic N) is 1. The van der Waals surface area contributed by atoms with E-state index in [0.717, 1.165) is 12.2 Å². The number of ether oxygens (including phenoxy) is 1. The Hall–Kier alpha value is -0.860. The van der Waals surface area contributed by atoms with Gasteiger partial charge in [-0.2, -0.15) is 0 Å². The molecule has 0 aliphatic rings. The van der Waals surface area contributed by atoms with Crippen molar-refractivity contribution in [1.82, 2.24) is 4.31 Å². The topological polar surface area (TPSA) is 29.5 Å². The van der Waals surface area contributed by atoms with Crippen LogP contribution in [0.2, 0.25) is 0 Å². The Morgan fingerprint density at radius 2 is 2.00 bits per heavy atom. The molecule has 0 saturated carbocycles. The largest absolute Gasteiger partial charge is 0.443 e. The molecule has 0 aliphatic heterocycles. The standard InChI is InChI=1S/C15H27NO2S/c1-6-8-10-11-13-19-16(12-9-7-2)14(17)18-15(3,4)5/h7,12H,6,8,10-11,13H2,1-5H3. The minimum absolute atomic E-state index is 0.331. The number of hydrogen-bond acceptors (Lipinski definition) is 3. The van der Waals surface area contributed by atoms with Crippen LogP contribution >= 0.6 is 11.9 Å². The average molecular weight is 285 g/mol. The normalized spacial score (nSPS) is 10.6. The van der Waals surface area contributed by atoms with Crippen molar-refractivity contribution in [1.29, 1.82) is 0 Å². The summed E-state index contributed by atoms with van der Waals surface area (Å²) in [5.74, 6) is 0.918. The van der Waals surface area contributed by atoms with Crippen LogP contribution in [0.5, 0.6) is 0 Å². The molecule has 0 fully saturated rings. The van der Waals surface area contributed by atoms with E-state index in [4.69, 9.17) is 4.74 Å². The maximum absolute atomic E-state index is 12.0. The molecule has 0 atom stereocenters. The van der Waals surface area contributed by atoms with Gasteiger partial charge in [0.25, 0.3) is 0 Å². The first-order valence-electron chi connectivity index (χ1n) is 6.93. The van der Waals surface area contributed by atoms with Gasteiger partial charge in [0, 0.05) is 5.75 Å². The van der Waals surface area contributed by atoms with E-state index in [9.17, 15) is 4.79 Å². The Labute approximate surface area is 122 Å². The first-order valence-corrected chi connectivity index (χ1v) is 7.87. The first-order chi connectivity index (χ1) is 8.90. The van der Waals surface area contributed by atoms with Gasteiger partial charge in [0.15, 0.2) is 0 Å². The fourth-order valence-corrected chi connectivity index (χ4v) is 2.09. The van der Waals surface area contributed by atoms with E-state index in [1.807, 2.05) is 27.7 Å². The van der Waals surface area contributed by atoms with Crippen LogP contribution in [0, 0.1) is 0 Å². The van der Waals surface area contributed by atoms with Gasteiger partial charge in [-0.05, 0) is 52.1 Å².